The Balaban J connectivity index is 2.13. The number of hydrogen-bond donors (Lipinski definition) is 1. The van der Waals surface area contributed by atoms with E-state index >= 15 is 0 Å². The van der Waals surface area contributed by atoms with Crippen LogP contribution in [0.1, 0.15) is 30.1 Å². The minimum Gasteiger partial charge on any atom is -0.495 e. The smallest absolute Gasteiger partial charge is 0.388 e. The molecule has 1 aliphatic carbocycles. The van der Waals surface area contributed by atoms with Crippen molar-refractivity contribution in [2.45, 2.75) is 26.4 Å². The van der Waals surface area contributed by atoms with E-state index < -0.39 is 18.4 Å². The Kier molecular flexibility index (Phi) is 5.66. The molecule has 0 radical (unpaired) electrons. The molecule has 1 aliphatic heterocycles. The van der Waals surface area contributed by atoms with Gasteiger partial charge in [-0.3, -0.25) is 14.6 Å². The molecule has 1 aromatic rings. The molecule has 28 heavy (non-hydrogen) atoms. The van der Waals surface area contributed by atoms with Crippen LogP contribution in [0.5, 0.6) is 5.06 Å². The van der Waals surface area contributed by atoms with Crippen molar-refractivity contribution in [1.29, 1.82) is 0 Å². The van der Waals surface area contributed by atoms with Crippen LogP contribution in [0.2, 0.25) is 0 Å². The molecule has 3 rings (SSSR count). The summed E-state index contributed by atoms with van der Waals surface area (Å²) in [5.41, 5.74) is 1.88. The van der Waals surface area contributed by atoms with Gasteiger partial charge < -0.3 is 14.6 Å². The molecule has 0 fully saturated rings. The van der Waals surface area contributed by atoms with Crippen molar-refractivity contribution < 1.29 is 33.0 Å². The fourth-order valence-electron chi connectivity index (χ4n) is 3.11. The lowest BCUT2D eigenvalue weighted by molar-refractivity contribution is -0.136. The van der Waals surface area contributed by atoms with E-state index in [1.165, 1.54) is 18.6 Å². The minimum absolute atomic E-state index is 0.0620. The Bertz CT molecular complexity index is 990. The normalized spacial score (nSPS) is 16.6. The fraction of sp³-hybridized carbons (Fsp3) is 0.278. The third kappa shape index (κ3) is 3.72. The summed E-state index contributed by atoms with van der Waals surface area (Å²) in [5, 5.41) is 10.7. The Labute approximate surface area is 167 Å². The number of rotatable bonds is 7. The summed E-state index contributed by atoms with van der Waals surface area (Å²) < 4.78 is 34.5. The van der Waals surface area contributed by atoms with Crippen molar-refractivity contribution in [1.82, 2.24) is 0 Å². The van der Waals surface area contributed by atoms with Gasteiger partial charge in [0.15, 0.2) is 10.8 Å². The van der Waals surface area contributed by atoms with Crippen LogP contribution < -0.4 is 4.74 Å². The monoisotopic (exact) mass is 429 g/mol. The third-order valence-electron chi connectivity index (χ3n) is 4.18. The maximum Gasteiger partial charge on any atom is 0.388 e. The van der Waals surface area contributed by atoms with Crippen LogP contribution in [0, 0.1) is 0 Å². The molecule has 6 nitrogen and oxygen atoms in total. The first-order valence-electron chi connectivity index (χ1n) is 7.98. The van der Waals surface area contributed by atoms with E-state index in [-0.39, 0.29) is 39.8 Å². The summed E-state index contributed by atoms with van der Waals surface area (Å²) in [6.07, 6.45) is -0.135. The molecule has 0 amide bonds. The molecule has 0 saturated carbocycles. The highest BCUT2D eigenvalue weighted by atomic mass is 35.5. The van der Waals surface area contributed by atoms with E-state index in [0.29, 0.717) is 22.6 Å². The van der Waals surface area contributed by atoms with Crippen LogP contribution in [0.15, 0.2) is 49.6 Å². The number of allylic oxidation sites excluding steroid dienone is 4. The van der Waals surface area contributed by atoms with Crippen molar-refractivity contribution in [3.8, 4) is 5.06 Å². The number of carboxylic acid groups (broad SMARTS) is 1. The number of alkyl halides is 2. The molecular formula is C18H14ClF2NO5S. The number of ketones is 1. The fourth-order valence-corrected chi connectivity index (χ4v) is 4.15. The SMILES string of the molecule is COC1=C(Cl)CC2=NC(C)=C(CC(=O)O)C2=C1C(=O)c1csc(OC(F)F)c1. The van der Waals surface area contributed by atoms with Gasteiger partial charge in [-0.25, -0.2) is 0 Å². The standard InChI is InChI=1S/C18H14ClF2NO5S/c1-7-9(4-12(23)24)14-11(22-7)5-10(19)17(26-2)15(14)16(25)8-3-13(28-6-8)27-18(20)21/h3,6,18H,4-5H2,1-2H3,(H,23,24). The third-order valence-corrected chi connectivity index (χ3v) is 5.30. The molecule has 2 aliphatic rings. The maximum absolute atomic E-state index is 13.2. The van der Waals surface area contributed by atoms with Gasteiger partial charge in [-0.2, -0.15) is 8.78 Å². The van der Waals surface area contributed by atoms with Gasteiger partial charge in [-0.1, -0.05) is 11.6 Å². The molecule has 1 N–H and O–H groups in total. The number of ether oxygens (including phenoxy) is 2. The lowest BCUT2D eigenvalue weighted by Gasteiger charge is -2.22. The number of carbonyl (C=O) groups is 2. The number of fused-ring (bicyclic) bond motifs is 1. The molecule has 0 saturated heterocycles. The number of halogens is 3. The largest absolute Gasteiger partial charge is 0.495 e. The average molecular weight is 430 g/mol. The molecule has 10 heteroatoms. The highest BCUT2D eigenvalue weighted by Gasteiger charge is 2.37. The summed E-state index contributed by atoms with van der Waals surface area (Å²) in [5.74, 6) is -1.51. The van der Waals surface area contributed by atoms with Crippen LogP contribution in [-0.2, 0) is 9.53 Å². The number of carbonyl (C=O) groups excluding carboxylic acids is 1. The van der Waals surface area contributed by atoms with Gasteiger partial charge in [0.05, 0.1) is 29.8 Å². The summed E-state index contributed by atoms with van der Waals surface area (Å²) in [4.78, 5) is 28.9. The summed E-state index contributed by atoms with van der Waals surface area (Å²) in [6.45, 7) is -1.36. The van der Waals surface area contributed by atoms with Gasteiger partial charge in [0.1, 0.15) is 5.76 Å². The lowest BCUT2D eigenvalue weighted by Crippen LogP contribution is -2.20. The van der Waals surface area contributed by atoms with Crippen LogP contribution in [0.25, 0.3) is 0 Å². The van der Waals surface area contributed by atoms with Crippen LogP contribution in [0.3, 0.4) is 0 Å². The van der Waals surface area contributed by atoms with Crippen molar-refractivity contribution in [3.05, 3.63) is 50.2 Å². The average Bonchev–Trinajstić information content (AvgIpc) is 3.17. The summed E-state index contributed by atoms with van der Waals surface area (Å²) in [7, 11) is 1.34. The number of hydrogen-bond acceptors (Lipinski definition) is 6. The van der Waals surface area contributed by atoms with E-state index in [4.69, 9.17) is 16.3 Å². The molecule has 0 spiro atoms. The Morgan fingerprint density at radius 2 is 2.14 bits per heavy atom. The first-order chi connectivity index (χ1) is 13.2. The van der Waals surface area contributed by atoms with E-state index in [2.05, 4.69) is 9.73 Å². The first kappa shape index (κ1) is 20.2. The first-order valence-corrected chi connectivity index (χ1v) is 9.23. The molecule has 148 valence electrons. The molecule has 0 aromatic carbocycles. The maximum atomic E-state index is 13.2. The summed E-state index contributed by atoms with van der Waals surface area (Å²) in [6, 6.07) is 1.20. The van der Waals surface area contributed by atoms with Gasteiger partial charge in [0, 0.05) is 34.7 Å². The number of nitrogens with zero attached hydrogens (tertiary/aromatic N) is 1. The van der Waals surface area contributed by atoms with Gasteiger partial charge in [-0.05, 0) is 12.5 Å². The summed E-state index contributed by atoms with van der Waals surface area (Å²) >= 11 is 7.13. The van der Waals surface area contributed by atoms with E-state index in [1.54, 1.807) is 6.92 Å². The second-order valence-electron chi connectivity index (χ2n) is 5.92. The zero-order valence-electron chi connectivity index (χ0n) is 14.7. The van der Waals surface area contributed by atoms with Gasteiger partial charge >= 0.3 is 12.6 Å². The predicted octanol–water partition coefficient (Wildman–Crippen LogP) is 4.53. The number of thiophene rings is 1. The quantitative estimate of drug-likeness (QED) is 0.643. The topological polar surface area (TPSA) is 85.2 Å². The van der Waals surface area contributed by atoms with Gasteiger partial charge in [0.25, 0.3) is 0 Å². The molecule has 2 heterocycles. The zero-order valence-corrected chi connectivity index (χ0v) is 16.3. The van der Waals surface area contributed by atoms with E-state index in [0.717, 1.165) is 11.3 Å². The molecule has 0 bridgehead atoms. The number of Topliss-reactive ketones (excluding diaryl/α,β-unsaturated/α-hetero) is 1. The zero-order chi connectivity index (χ0) is 20.6. The lowest BCUT2D eigenvalue weighted by atomic mass is 9.85. The van der Waals surface area contributed by atoms with Crippen LogP contribution in [-0.4, -0.2) is 36.3 Å². The highest BCUT2D eigenvalue weighted by Crippen LogP contribution is 2.42. The molecular weight excluding hydrogens is 416 g/mol. The highest BCUT2D eigenvalue weighted by molar-refractivity contribution is 7.12. The Morgan fingerprint density at radius 1 is 1.43 bits per heavy atom. The molecule has 0 unspecified atom stereocenters. The Morgan fingerprint density at radius 3 is 2.75 bits per heavy atom. The van der Waals surface area contributed by atoms with Crippen molar-refractivity contribution in [2.24, 2.45) is 4.99 Å². The van der Waals surface area contributed by atoms with Crippen LogP contribution >= 0.6 is 22.9 Å². The van der Waals surface area contributed by atoms with Crippen LogP contribution in [0.4, 0.5) is 8.78 Å². The van der Waals surface area contributed by atoms with Gasteiger partial charge in [0.2, 0.25) is 0 Å². The minimum atomic E-state index is -3.01. The van der Waals surface area contributed by atoms with Crippen molar-refractivity contribution >= 4 is 40.4 Å². The van der Waals surface area contributed by atoms with Crippen molar-refractivity contribution in [3.63, 3.8) is 0 Å². The second-order valence-corrected chi connectivity index (χ2v) is 7.25. The second kappa shape index (κ2) is 7.84. The molecule has 0 atom stereocenters. The predicted molar refractivity (Wildman–Crippen MR) is 99.2 cm³/mol. The Hall–Kier alpha value is -2.52. The number of carboxylic acids is 1. The number of aliphatic imine (C=N–C) groups is 1. The number of methoxy groups -OCH3 is 1. The molecule has 1 aromatic heterocycles. The van der Waals surface area contributed by atoms with Gasteiger partial charge in [-0.15, -0.1) is 11.3 Å². The number of aliphatic carboxylic acids is 1. The van der Waals surface area contributed by atoms with E-state index in [9.17, 15) is 23.5 Å². The van der Waals surface area contributed by atoms with Crippen molar-refractivity contribution in [2.75, 3.05) is 7.11 Å². The van der Waals surface area contributed by atoms with E-state index in [1.807, 2.05) is 0 Å².